The van der Waals surface area contributed by atoms with Crippen molar-refractivity contribution in [1.82, 2.24) is 0 Å². The monoisotopic (exact) mass is 375 g/mol. The van der Waals surface area contributed by atoms with Gasteiger partial charge in [-0.25, -0.2) is 0 Å². The van der Waals surface area contributed by atoms with Gasteiger partial charge < -0.3 is 4.90 Å². The maximum atomic E-state index is 2.28. The molecule has 0 saturated heterocycles. The third kappa shape index (κ3) is 4.64. The second-order valence-corrected chi connectivity index (χ2v) is 7.35. The number of para-hydroxylation sites is 2. The highest BCUT2D eigenvalue weighted by molar-refractivity contribution is 5.78. The van der Waals surface area contributed by atoms with Gasteiger partial charge >= 0.3 is 0 Å². The summed E-state index contributed by atoms with van der Waals surface area (Å²) >= 11 is 0. The summed E-state index contributed by atoms with van der Waals surface area (Å²) in [4.78, 5) is 2.28. The average Bonchev–Trinajstić information content (AvgIpc) is 2.74. The quantitative estimate of drug-likeness (QED) is 0.320. The van der Waals surface area contributed by atoms with Crippen LogP contribution in [0.1, 0.15) is 22.3 Å². The number of rotatable bonds is 5. The Bertz CT molecular complexity index is 1030. The third-order valence-corrected chi connectivity index (χ3v) is 4.89. The summed E-state index contributed by atoms with van der Waals surface area (Å²) in [7, 11) is 0. The Morgan fingerprint density at radius 2 is 0.931 bits per heavy atom. The van der Waals surface area contributed by atoms with Crippen LogP contribution < -0.4 is 4.90 Å². The zero-order valence-electron chi connectivity index (χ0n) is 16.9. The smallest absolute Gasteiger partial charge is 0.0462 e. The average molecular weight is 376 g/mol. The van der Waals surface area contributed by atoms with Crippen molar-refractivity contribution >= 4 is 29.2 Å². The first kappa shape index (κ1) is 18.8. The molecule has 0 amide bonds. The molecule has 0 aliphatic heterocycles. The lowest BCUT2D eigenvalue weighted by molar-refractivity contribution is 1.28. The molecule has 0 aliphatic rings. The summed E-state index contributed by atoms with van der Waals surface area (Å²) < 4.78 is 0. The molecule has 0 radical (unpaired) electrons. The van der Waals surface area contributed by atoms with Crippen LogP contribution in [0.4, 0.5) is 17.1 Å². The maximum Gasteiger partial charge on any atom is 0.0462 e. The van der Waals surface area contributed by atoms with Crippen LogP contribution in [0.5, 0.6) is 0 Å². The molecule has 0 fully saturated rings. The molecule has 0 spiro atoms. The topological polar surface area (TPSA) is 3.24 Å². The number of benzene rings is 4. The molecule has 0 aliphatic carbocycles. The number of anilines is 3. The van der Waals surface area contributed by atoms with Gasteiger partial charge in [0.15, 0.2) is 0 Å². The van der Waals surface area contributed by atoms with E-state index in [9.17, 15) is 0 Å². The largest absolute Gasteiger partial charge is 0.311 e. The lowest BCUT2D eigenvalue weighted by Gasteiger charge is -2.25. The summed E-state index contributed by atoms with van der Waals surface area (Å²) in [5.74, 6) is 0. The van der Waals surface area contributed by atoms with Gasteiger partial charge in [-0.3, -0.25) is 0 Å². The van der Waals surface area contributed by atoms with Gasteiger partial charge in [-0.1, -0.05) is 90.0 Å². The van der Waals surface area contributed by atoms with E-state index in [1.54, 1.807) is 0 Å². The summed E-state index contributed by atoms with van der Waals surface area (Å²) in [5.41, 5.74) is 8.46. The fourth-order valence-electron chi connectivity index (χ4n) is 3.63. The molecule has 0 saturated carbocycles. The van der Waals surface area contributed by atoms with E-state index in [2.05, 4.69) is 122 Å². The zero-order valence-corrected chi connectivity index (χ0v) is 16.9. The Balaban J connectivity index is 1.63. The van der Waals surface area contributed by atoms with Crippen LogP contribution in [0.2, 0.25) is 0 Å². The van der Waals surface area contributed by atoms with Crippen molar-refractivity contribution < 1.29 is 0 Å². The Morgan fingerprint density at radius 3 is 1.45 bits per heavy atom. The van der Waals surface area contributed by atoms with Gasteiger partial charge in [-0.05, 0) is 61.4 Å². The minimum absolute atomic E-state index is 1.14. The van der Waals surface area contributed by atoms with Crippen LogP contribution >= 0.6 is 0 Å². The van der Waals surface area contributed by atoms with Gasteiger partial charge in [0.25, 0.3) is 0 Å². The van der Waals surface area contributed by atoms with E-state index in [0.29, 0.717) is 0 Å². The molecule has 4 aromatic rings. The molecule has 4 rings (SSSR count). The standard InChI is InChI=1S/C28H25N/c1-22-19-23(2)21-25(20-22)14-13-24-15-17-28(18-16-24)29(26-9-5-3-6-10-26)27-11-7-4-8-12-27/h3-21H,1-2H3/b14-13+. The van der Waals surface area contributed by atoms with Crippen LogP contribution in [0.3, 0.4) is 0 Å². The third-order valence-electron chi connectivity index (χ3n) is 4.89. The van der Waals surface area contributed by atoms with E-state index in [4.69, 9.17) is 0 Å². The molecular formula is C28H25N. The van der Waals surface area contributed by atoms with Crippen LogP contribution in [0.15, 0.2) is 103 Å². The number of nitrogens with zero attached hydrogens (tertiary/aromatic N) is 1. The number of hydrogen-bond donors (Lipinski definition) is 0. The van der Waals surface area contributed by atoms with Gasteiger partial charge in [0.2, 0.25) is 0 Å². The second kappa shape index (κ2) is 8.62. The molecule has 1 nitrogen and oxygen atoms in total. The molecule has 1 heteroatoms. The van der Waals surface area contributed by atoms with E-state index in [0.717, 1.165) is 17.1 Å². The molecule has 0 unspecified atom stereocenters. The lowest BCUT2D eigenvalue weighted by Crippen LogP contribution is -2.09. The molecule has 0 heterocycles. The van der Waals surface area contributed by atoms with Crippen molar-refractivity contribution in [2.75, 3.05) is 4.90 Å². The van der Waals surface area contributed by atoms with Crippen LogP contribution in [-0.2, 0) is 0 Å². The molecule has 142 valence electrons. The van der Waals surface area contributed by atoms with E-state index in [1.165, 1.54) is 22.3 Å². The minimum Gasteiger partial charge on any atom is -0.311 e. The molecule has 0 bridgehead atoms. The molecule has 0 aromatic heterocycles. The first-order chi connectivity index (χ1) is 14.2. The van der Waals surface area contributed by atoms with E-state index >= 15 is 0 Å². The fraction of sp³-hybridized carbons (Fsp3) is 0.0714. The second-order valence-electron chi connectivity index (χ2n) is 7.35. The van der Waals surface area contributed by atoms with Crippen LogP contribution in [-0.4, -0.2) is 0 Å². The van der Waals surface area contributed by atoms with Gasteiger partial charge in [0, 0.05) is 17.1 Å². The van der Waals surface area contributed by atoms with Crippen molar-refractivity contribution in [3.8, 4) is 0 Å². The Labute approximate surface area is 173 Å². The highest BCUT2D eigenvalue weighted by Crippen LogP contribution is 2.34. The summed E-state index contributed by atoms with van der Waals surface area (Å²) in [5, 5.41) is 0. The molecule has 0 N–H and O–H groups in total. The molecule has 0 atom stereocenters. The molecular weight excluding hydrogens is 350 g/mol. The van der Waals surface area contributed by atoms with Crippen molar-refractivity contribution in [2.24, 2.45) is 0 Å². The normalized spacial score (nSPS) is 11.0. The molecule has 29 heavy (non-hydrogen) atoms. The van der Waals surface area contributed by atoms with Crippen molar-refractivity contribution in [3.05, 3.63) is 125 Å². The van der Waals surface area contributed by atoms with E-state index < -0.39 is 0 Å². The summed E-state index contributed by atoms with van der Waals surface area (Å²) in [6, 6.07) is 36.3. The fourth-order valence-corrected chi connectivity index (χ4v) is 3.63. The maximum absolute atomic E-state index is 2.28. The van der Waals surface area contributed by atoms with Gasteiger partial charge in [0.05, 0.1) is 0 Å². The van der Waals surface area contributed by atoms with Gasteiger partial charge in [-0.2, -0.15) is 0 Å². The van der Waals surface area contributed by atoms with E-state index in [1.807, 2.05) is 12.1 Å². The lowest BCUT2D eigenvalue weighted by atomic mass is 10.1. The Morgan fingerprint density at radius 1 is 0.483 bits per heavy atom. The van der Waals surface area contributed by atoms with Crippen molar-refractivity contribution in [1.29, 1.82) is 0 Å². The van der Waals surface area contributed by atoms with Gasteiger partial charge in [0.1, 0.15) is 0 Å². The Hall–Kier alpha value is -3.58. The first-order valence-electron chi connectivity index (χ1n) is 9.96. The van der Waals surface area contributed by atoms with Crippen LogP contribution in [0.25, 0.3) is 12.2 Å². The van der Waals surface area contributed by atoms with Crippen molar-refractivity contribution in [3.63, 3.8) is 0 Å². The summed E-state index contributed by atoms with van der Waals surface area (Å²) in [6.45, 7) is 4.28. The van der Waals surface area contributed by atoms with Gasteiger partial charge in [-0.15, -0.1) is 0 Å². The highest BCUT2D eigenvalue weighted by Gasteiger charge is 2.11. The SMILES string of the molecule is Cc1cc(C)cc(/C=C/c2ccc(N(c3ccccc3)c3ccccc3)cc2)c1. The highest BCUT2D eigenvalue weighted by atomic mass is 15.1. The zero-order chi connectivity index (χ0) is 20.1. The Kier molecular flexibility index (Phi) is 5.58. The summed E-state index contributed by atoms with van der Waals surface area (Å²) in [6.07, 6.45) is 4.36. The predicted octanol–water partition coefficient (Wildman–Crippen LogP) is 7.94. The predicted molar refractivity (Wildman–Crippen MR) is 126 cm³/mol. The van der Waals surface area contributed by atoms with Crippen LogP contribution in [0, 0.1) is 13.8 Å². The number of aryl methyl sites for hydroxylation is 2. The number of hydrogen-bond acceptors (Lipinski definition) is 1. The molecule has 4 aromatic carbocycles. The van der Waals surface area contributed by atoms with E-state index in [-0.39, 0.29) is 0 Å². The first-order valence-corrected chi connectivity index (χ1v) is 9.96. The van der Waals surface area contributed by atoms with Crippen molar-refractivity contribution in [2.45, 2.75) is 13.8 Å². The minimum atomic E-state index is 1.14.